The number of nitrogens with zero attached hydrogens (tertiary/aromatic N) is 1. The molecule has 1 heterocycles. The maximum Gasteiger partial charge on any atom is 0.308 e. The highest BCUT2D eigenvalue weighted by molar-refractivity contribution is 5.83. The highest BCUT2D eigenvalue weighted by atomic mass is 16.4. The van der Waals surface area contributed by atoms with Gasteiger partial charge in [0, 0.05) is 13.1 Å². The molecule has 1 rings (SSSR count). The van der Waals surface area contributed by atoms with Gasteiger partial charge in [0.05, 0.1) is 12.0 Å². The van der Waals surface area contributed by atoms with Gasteiger partial charge in [-0.15, -0.1) is 0 Å². The van der Waals surface area contributed by atoms with Crippen molar-refractivity contribution in [2.45, 2.75) is 26.8 Å². The van der Waals surface area contributed by atoms with Crippen LogP contribution < -0.4 is 5.73 Å². The van der Waals surface area contributed by atoms with Crippen LogP contribution in [0.1, 0.15) is 20.8 Å². The van der Waals surface area contributed by atoms with Crippen LogP contribution in [0, 0.1) is 17.8 Å². The maximum atomic E-state index is 11.9. The van der Waals surface area contributed by atoms with Crippen molar-refractivity contribution in [2.75, 3.05) is 13.1 Å². The summed E-state index contributed by atoms with van der Waals surface area (Å²) in [6, 6.07) is -0.528. The Morgan fingerprint density at radius 2 is 1.94 bits per heavy atom. The second-order valence-electron chi connectivity index (χ2n) is 4.94. The Balaban J connectivity index is 2.65. The third kappa shape index (κ3) is 2.52. The van der Waals surface area contributed by atoms with Gasteiger partial charge in [0.25, 0.3) is 0 Å². The highest BCUT2D eigenvalue weighted by Crippen LogP contribution is 2.24. The van der Waals surface area contributed by atoms with E-state index in [1.165, 1.54) is 0 Å². The Bertz CT molecular complexity index is 291. The Morgan fingerprint density at radius 3 is 2.31 bits per heavy atom. The van der Waals surface area contributed by atoms with Gasteiger partial charge < -0.3 is 15.7 Å². The quantitative estimate of drug-likeness (QED) is 0.720. The first kappa shape index (κ1) is 13.0. The van der Waals surface area contributed by atoms with Crippen molar-refractivity contribution in [2.24, 2.45) is 23.5 Å². The van der Waals surface area contributed by atoms with Gasteiger partial charge in [-0.1, -0.05) is 20.8 Å². The van der Waals surface area contributed by atoms with Crippen molar-refractivity contribution in [3.8, 4) is 0 Å². The predicted octanol–water partition coefficient (Wildman–Crippen LogP) is 0.149. The molecule has 16 heavy (non-hydrogen) atoms. The third-order valence-corrected chi connectivity index (χ3v) is 3.24. The lowest BCUT2D eigenvalue weighted by atomic mass is 9.99. The van der Waals surface area contributed by atoms with Gasteiger partial charge >= 0.3 is 5.97 Å². The van der Waals surface area contributed by atoms with Gasteiger partial charge in [-0.3, -0.25) is 9.59 Å². The van der Waals surface area contributed by atoms with Crippen molar-refractivity contribution < 1.29 is 14.7 Å². The molecule has 0 radical (unpaired) electrons. The lowest BCUT2D eigenvalue weighted by molar-refractivity contribution is -0.142. The molecule has 0 aromatic rings. The summed E-state index contributed by atoms with van der Waals surface area (Å²) < 4.78 is 0. The molecule has 0 aliphatic carbocycles. The van der Waals surface area contributed by atoms with Crippen LogP contribution in [-0.2, 0) is 9.59 Å². The average molecular weight is 228 g/mol. The first-order valence-electron chi connectivity index (χ1n) is 5.61. The molecule has 1 fully saturated rings. The van der Waals surface area contributed by atoms with Crippen LogP contribution in [0.25, 0.3) is 0 Å². The van der Waals surface area contributed by atoms with Gasteiger partial charge in [0.2, 0.25) is 5.91 Å². The Labute approximate surface area is 95.6 Å². The first-order valence-corrected chi connectivity index (χ1v) is 5.61. The molecule has 0 unspecified atom stereocenters. The normalized spacial score (nSPS) is 27.2. The van der Waals surface area contributed by atoms with Gasteiger partial charge in [0.15, 0.2) is 0 Å². The Morgan fingerprint density at radius 1 is 1.38 bits per heavy atom. The fourth-order valence-electron chi connectivity index (χ4n) is 1.96. The topological polar surface area (TPSA) is 83.6 Å². The summed E-state index contributed by atoms with van der Waals surface area (Å²) in [6.45, 7) is 6.41. The minimum atomic E-state index is -0.832. The van der Waals surface area contributed by atoms with E-state index >= 15 is 0 Å². The number of likely N-dealkylation sites (tertiary alicyclic amines) is 1. The molecule has 3 N–H and O–H groups in total. The standard InChI is InChI=1S/C11H20N2O3/c1-6(2)9(12)10(14)13-4-7(3)8(5-13)11(15)16/h6-9H,4-5,12H2,1-3H3,(H,15,16)/t7-,8-,9-/m1/s1. The number of hydrogen-bond donors (Lipinski definition) is 2. The minimum Gasteiger partial charge on any atom is -0.481 e. The number of hydrogen-bond acceptors (Lipinski definition) is 3. The molecule has 0 aromatic carbocycles. The van der Waals surface area contributed by atoms with Gasteiger partial charge in [0.1, 0.15) is 0 Å². The molecule has 1 aliphatic rings. The highest BCUT2D eigenvalue weighted by Gasteiger charge is 2.38. The number of rotatable bonds is 3. The first-order chi connectivity index (χ1) is 7.34. The van der Waals surface area contributed by atoms with E-state index in [4.69, 9.17) is 10.8 Å². The van der Waals surface area contributed by atoms with Crippen LogP contribution in [-0.4, -0.2) is 41.0 Å². The molecule has 1 saturated heterocycles. The molecule has 0 bridgehead atoms. The number of carbonyl (C=O) groups is 2. The fraction of sp³-hybridized carbons (Fsp3) is 0.818. The molecule has 1 aliphatic heterocycles. The number of carboxylic acids is 1. The van der Waals surface area contributed by atoms with E-state index < -0.39 is 17.9 Å². The molecule has 0 saturated carbocycles. The molecule has 3 atom stereocenters. The average Bonchev–Trinajstić information content (AvgIpc) is 2.58. The zero-order chi connectivity index (χ0) is 12.5. The zero-order valence-electron chi connectivity index (χ0n) is 10.0. The number of amides is 1. The van der Waals surface area contributed by atoms with Gasteiger partial charge in [-0.2, -0.15) is 0 Å². The van der Waals surface area contributed by atoms with Crippen LogP contribution in [0.2, 0.25) is 0 Å². The Hall–Kier alpha value is -1.10. The number of nitrogens with two attached hydrogens (primary N) is 1. The second-order valence-corrected chi connectivity index (χ2v) is 4.94. The summed E-state index contributed by atoms with van der Waals surface area (Å²) in [5.74, 6) is -1.35. The lowest BCUT2D eigenvalue weighted by Gasteiger charge is -2.22. The molecule has 0 aromatic heterocycles. The number of aliphatic carboxylic acids is 1. The van der Waals surface area contributed by atoms with Crippen LogP contribution in [0.3, 0.4) is 0 Å². The molecule has 1 amide bonds. The summed E-state index contributed by atoms with van der Waals surface area (Å²) in [5, 5.41) is 8.96. The van der Waals surface area contributed by atoms with E-state index in [-0.39, 0.29) is 24.3 Å². The zero-order valence-corrected chi connectivity index (χ0v) is 10.0. The predicted molar refractivity (Wildman–Crippen MR) is 59.7 cm³/mol. The van der Waals surface area contributed by atoms with Gasteiger partial charge in [-0.05, 0) is 11.8 Å². The van der Waals surface area contributed by atoms with Crippen molar-refractivity contribution in [3.63, 3.8) is 0 Å². The van der Waals surface area contributed by atoms with Gasteiger partial charge in [-0.25, -0.2) is 0 Å². The summed E-state index contributed by atoms with van der Waals surface area (Å²) in [5.41, 5.74) is 5.77. The largest absolute Gasteiger partial charge is 0.481 e. The number of carboxylic acid groups (broad SMARTS) is 1. The molecular formula is C11H20N2O3. The van der Waals surface area contributed by atoms with E-state index in [1.54, 1.807) is 4.90 Å². The second kappa shape index (κ2) is 4.82. The third-order valence-electron chi connectivity index (χ3n) is 3.24. The van der Waals surface area contributed by atoms with Crippen LogP contribution in [0.4, 0.5) is 0 Å². The maximum absolute atomic E-state index is 11.9. The SMILES string of the molecule is CC(C)[C@@H](N)C(=O)N1C[C@@H](C)[C@H](C(=O)O)C1. The Kier molecular flexibility index (Phi) is 3.91. The molecule has 92 valence electrons. The van der Waals surface area contributed by atoms with E-state index in [9.17, 15) is 9.59 Å². The van der Waals surface area contributed by atoms with Crippen LogP contribution >= 0.6 is 0 Å². The molecule has 0 spiro atoms. The smallest absolute Gasteiger partial charge is 0.308 e. The summed E-state index contributed by atoms with van der Waals surface area (Å²) in [6.07, 6.45) is 0. The number of carbonyl (C=O) groups excluding carboxylic acids is 1. The summed E-state index contributed by atoms with van der Waals surface area (Å²) in [4.78, 5) is 24.4. The van der Waals surface area contributed by atoms with E-state index in [0.29, 0.717) is 6.54 Å². The summed E-state index contributed by atoms with van der Waals surface area (Å²) in [7, 11) is 0. The minimum absolute atomic E-state index is 0.000752. The summed E-state index contributed by atoms with van der Waals surface area (Å²) >= 11 is 0. The lowest BCUT2D eigenvalue weighted by Crippen LogP contribution is -2.45. The molecule has 5 nitrogen and oxygen atoms in total. The van der Waals surface area contributed by atoms with Crippen molar-refractivity contribution in [1.82, 2.24) is 4.90 Å². The molecular weight excluding hydrogens is 208 g/mol. The van der Waals surface area contributed by atoms with Crippen molar-refractivity contribution >= 4 is 11.9 Å². The van der Waals surface area contributed by atoms with Crippen LogP contribution in [0.5, 0.6) is 0 Å². The van der Waals surface area contributed by atoms with Crippen LogP contribution in [0.15, 0.2) is 0 Å². The fourth-order valence-corrected chi connectivity index (χ4v) is 1.96. The van der Waals surface area contributed by atoms with E-state index in [1.807, 2.05) is 20.8 Å². The van der Waals surface area contributed by atoms with E-state index in [2.05, 4.69) is 0 Å². The monoisotopic (exact) mass is 228 g/mol. The van der Waals surface area contributed by atoms with E-state index in [0.717, 1.165) is 0 Å². The van der Waals surface area contributed by atoms with Crippen molar-refractivity contribution in [1.29, 1.82) is 0 Å². The van der Waals surface area contributed by atoms with Crippen molar-refractivity contribution in [3.05, 3.63) is 0 Å². The molecule has 5 heteroatoms.